The molecular formula is C16H16N2O5. The molecule has 1 fully saturated rings. The number of nitrogens with zero attached hydrogens (tertiary/aromatic N) is 2. The molecule has 0 saturated carbocycles. The third-order valence-electron chi connectivity index (χ3n) is 3.70. The molecule has 2 atom stereocenters. The Morgan fingerprint density at radius 3 is 2.61 bits per heavy atom. The molecular weight excluding hydrogens is 300 g/mol. The predicted molar refractivity (Wildman–Crippen MR) is 81.0 cm³/mol. The van der Waals surface area contributed by atoms with Gasteiger partial charge in [0, 0.05) is 6.54 Å². The molecule has 1 saturated heterocycles. The number of hydrogen-bond donors (Lipinski definition) is 0. The van der Waals surface area contributed by atoms with Crippen LogP contribution >= 0.6 is 0 Å². The molecule has 1 aliphatic rings. The second-order valence-electron chi connectivity index (χ2n) is 5.45. The van der Waals surface area contributed by atoms with Crippen LogP contribution in [0.2, 0.25) is 0 Å². The normalized spacial score (nSPS) is 21.2. The highest BCUT2D eigenvalue weighted by molar-refractivity contribution is 5.91. The van der Waals surface area contributed by atoms with Gasteiger partial charge in [0.25, 0.3) is 5.91 Å². The topological polar surface area (TPSA) is 85.8 Å². The van der Waals surface area contributed by atoms with Crippen molar-refractivity contribution in [2.24, 2.45) is 0 Å². The molecule has 0 bridgehead atoms. The average Bonchev–Trinajstić information content (AvgIpc) is 3.04. The minimum Gasteiger partial charge on any atom is -0.395 e. The molecule has 1 aromatic heterocycles. The van der Waals surface area contributed by atoms with E-state index in [-0.39, 0.29) is 23.9 Å². The Hall–Kier alpha value is -2.67. The third-order valence-corrected chi connectivity index (χ3v) is 3.70. The third kappa shape index (κ3) is 3.24. The predicted octanol–water partition coefficient (Wildman–Crippen LogP) is 2.79. The fraction of sp³-hybridized carbons (Fsp3) is 0.312. The minimum absolute atomic E-state index is 0.0300. The van der Waals surface area contributed by atoms with Crippen molar-refractivity contribution >= 4 is 11.8 Å². The summed E-state index contributed by atoms with van der Waals surface area (Å²) in [4.78, 5) is 24.1. The van der Waals surface area contributed by atoms with Crippen LogP contribution in [0.25, 0.3) is 0 Å². The smallest absolute Gasteiger partial charge is 0.395 e. The Kier molecular flexibility index (Phi) is 4.12. The average molecular weight is 316 g/mol. The van der Waals surface area contributed by atoms with Crippen LogP contribution in [0.5, 0.6) is 0 Å². The summed E-state index contributed by atoms with van der Waals surface area (Å²) in [7, 11) is 0. The van der Waals surface area contributed by atoms with E-state index in [0.717, 1.165) is 5.56 Å². The van der Waals surface area contributed by atoms with Gasteiger partial charge in [0.1, 0.15) is 11.0 Å². The van der Waals surface area contributed by atoms with Crippen molar-refractivity contribution in [2.45, 2.75) is 19.1 Å². The van der Waals surface area contributed by atoms with Crippen molar-refractivity contribution in [3.8, 4) is 0 Å². The lowest BCUT2D eigenvalue weighted by Gasteiger charge is -2.36. The van der Waals surface area contributed by atoms with Crippen LogP contribution in [0.1, 0.15) is 29.1 Å². The number of furan rings is 1. The lowest BCUT2D eigenvalue weighted by molar-refractivity contribution is -0.402. The van der Waals surface area contributed by atoms with Crippen molar-refractivity contribution < 1.29 is 18.9 Å². The molecule has 2 aromatic rings. The van der Waals surface area contributed by atoms with Crippen LogP contribution in [-0.2, 0) is 4.74 Å². The van der Waals surface area contributed by atoms with E-state index in [4.69, 9.17) is 9.15 Å². The molecule has 1 aliphatic heterocycles. The van der Waals surface area contributed by atoms with E-state index >= 15 is 0 Å². The summed E-state index contributed by atoms with van der Waals surface area (Å²) in [5.74, 6) is -0.832. The van der Waals surface area contributed by atoms with Crippen LogP contribution in [0.15, 0.2) is 46.9 Å². The largest absolute Gasteiger partial charge is 0.433 e. The summed E-state index contributed by atoms with van der Waals surface area (Å²) in [6.45, 7) is 2.68. The Balaban J connectivity index is 1.78. The second kappa shape index (κ2) is 6.21. The van der Waals surface area contributed by atoms with Crippen molar-refractivity contribution in [1.29, 1.82) is 0 Å². The van der Waals surface area contributed by atoms with E-state index in [1.807, 2.05) is 37.3 Å². The molecule has 120 valence electrons. The highest BCUT2D eigenvalue weighted by Gasteiger charge is 2.31. The Morgan fingerprint density at radius 2 is 1.96 bits per heavy atom. The maximum Gasteiger partial charge on any atom is 0.433 e. The minimum atomic E-state index is -0.661. The van der Waals surface area contributed by atoms with Gasteiger partial charge in [-0.2, -0.15) is 0 Å². The van der Waals surface area contributed by atoms with Gasteiger partial charge in [-0.3, -0.25) is 14.9 Å². The van der Waals surface area contributed by atoms with Gasteiger partial charge in [0.15, 0.2) is 5.76 Å². The monoisotopic (exact) mass is 316 g/mol. The number of rotatable bonds is 3. The maximum atomic E-state index is 12.5. The number of morpholine rings is 1. The van der Waals surface area contributed by atoms with Gasteiger partial charge in [-0.25, -0.2) is 0 Å². The van der Waals surface area contributed by atoms with Crippen LogP contribution < -0.4 is 0 Å². The number of ether oxygens (including phenoxy) is 1. The zero-order chi connectivity index (χ0) is 16.4. The SMILES string of the molecule is C[C@@H]1CN(C(=O)c2ccc([N+](=O)[O-])o2)C[C@H](c2ccccc2)O1. The Bertz CT molecular complexity index is 712. The van der Waals surface area contributed by atoms with Gasteiger partial charge in [0.2, 0.25) is 0 Å². The zero-order valence-electron chi connectivity index (χ0n) is 12.5. The fourth-order valence-electron chi connectivity index (χ4n) is 2.67. The van der Waals surface area contributed by atoms with E-state index in [9.17, 15) is 14.9 Å². The molecule has 23 heavy (non-hydrogen) atoms. The molecule has 0 N–H and O–H groups in total. The maximum absolute atomic E-state index is 12.5. The van der Waals surface area contributed by atoms with Crippen LogP contribution in [0, 0.1) is 10.1 Å². The summed E-state index contributed by atoms with van der Waals surface area (Å²) in [5, 5.41) is 10.7. The highest BCUT2D eigenvalue weighted by atomic mass is 16.6. The second-order valence-corrected chi connectivity index (χ2v) is 5.45. The summed E-state index contributed by atoms with van der Waals surface area (Å²) in [6.07, 6.45) is -0.364. The molecule has 7 heteroatoms. The fourth-order valence-corrected chi connectivity index (χ4v) is 2.67. The van der Waals surface area contributed by atoms with Crippen LogP contribution in [-0.4, -0.2) is 34.9 Å². The summed E-state index contributed by atoms with van der Waals surface area (Å²) < 4.78 is 10.9. The summed E-state index contributed by atoms with van der Waals surface area (Å²) >= 11 is 0. The van der Waals surface area contributed by atoms with E-state index in [1.165, 1.54) is 12.1 Å². The first-order valence-electron chi connectivity index (χ1n) is 7.28. The number of benzene rings is 1. The molecule has 1 aromatic carbocycles. The Labute approximate surface area is 132 Å². The van der Waals surface area contributed by atoms with E-state index in [0.29, 0.717) is 13.1 Å². The first-order chi connectivity index (χ1) is 11.0. The van der Waals surface area contributed by atoms with Crippen LogP contribution in [0.4, 0.5) is 5.88 Å². The van der Waals surface area contributed by atoms with E-state index in [2.05, 4.69) is 0 Å². The van der Waals surface area contributed by atoms with Gasteiger partial charge in [0.05, 0.1) is 18.7 Å². The molecule has 0 spiro atoms. The number of carbonyl (C=O) groups is 1. The first kappa shape index (κ1) is 15.2. The van der Waals surface area contributed by atoms with E-state index in [1.54, 1.807) is 4.90 Å². The zero-order valence-corrected chi connectivity index (χ0v) is 12.5. The summed E-state index contributed by atoms with van der Waals surface area (Å²) in [6, 6.07) is 12.2. The van der Waals surface area contributed by atoms with E-state index < -0.39 is 10.8 Å². The van der Waals surface area contributed by atoms with Crippen LogP contribution in [0.3, 0.4) is 0 Å². The van der Waals surface area contributed by atoms with Crippen molar-refractivity contribution in [2.75, 3.05) is 13.1 Å². The molecule has 3 rings (SSSR count). The van der Waals surface area contributed by atoms with Crippen molar-refractivity contribution in [1.82, 2.24) is 4.90 Å². The van der Waals surface area contributed by atoms with Gasteiger partial charge >= 0.3 is 5.88 Å². The standard InChI is InChI=1S/C16H16N2O5/c1-11-9-17(10-14(22-11)12-5-3-2-4-6-12)16(19)13-7-8-15(23-13)18(20)21/h2-8,11,14H,9-10H2,1H3/t11-,14-/m1/s1. The number of hydrogen-bond acceptors (Lipinski definition) is 5. The molecule has 2 heterocycles. The molecule has 0 radical (unpaired) electrons. The van der Waals surface area contributed by atoms with Gasteiger partial charge < -0.3 is 14.1 Å². The molecule has 0 unspecified atom stereocenters. The van der Waals surface area contributed by atoms with Crippen molar-refractivity contribution in [3.05, 3.63) is 63.9 Å². The first-order valence-corrected chi connectivity index (χ1v) is 7.28. The number of nitro groups is 1. The molecule has 0 aliphatic carbocycles. The molecule has 1 amide bonds. The van der Waals surface area contributed by atoms with Gasteiger partial charge in [-0.05, 0) is 18.6 Å². The lowest BCUT2D eigenvalue weighted by Crippen LogP contribution is -2.45. The summed E-state index contributed by atoms with van der Waals surface area (Å²) in [5.41, 5.74) is 0.988. The quantitative estimate of drug-likeness (QED) is 0.642. The lowest BCUT2D eigenvalue weighted by atomic mass is 10.1. The Morgan fingerprint density at radius 1 is 1.22 bits per heavy atom. The number of carbonyl (C=O) groups excluding carboxylic acids is 1. The number of amides is 1. The molecule has 7 nitrogen and oxygen atoms in total. The van der Waals surface area contributed by atoms with Crippen molar-refractivity contribution in [3.63, 3.8) is 0 Å². The van der Waals surface area contributed by atoms with Gasteiger partial charge in [-0.1, -0.05) is 30.3 Å². The highest BCUT2D eigenvalue weighted by Crippen LogP contribution is 2.27. The van der Waals surface area contributed by atoms with Gasteiger partial charge in [-0.15, -0.1) is 0 Å².